The Morgan fingerprint density at radius 2 is 1.67 bits per heavy atom. The van der Waals surface area contributed by atoms with E-state index in [9.17, 15) is 4.79 Å². The van der Waals surface area contributed by atoms with E-state index in [-0.39, 0.29) is 5.91 Å². The first kappa shape index (κ1) is 19.8. The summed E-state index contributed by atoms with van der Waals surface area (Å²) in [6.45, 7) is 5.36. The van der Waals surface area contributed by atoms with Crippen LogP contribution in [0, 0.1) is 0 Å². The number of nitrogens with zero attached hydrogens (tertiary/aromatic N) is 3. The average molecular weight is 407 g/mol. The van der Waals surface area contributed by atoms with Gasteiger partial charge >= 0.3 is 0 Å². The van der Waals surface area contributed by atoms with E-state index in [1.807, 2.05) is 60.4 Å². The molecule has 3 aromatic rings. The Morgan fingerprint density at radius 1 is 1.00 bits per heavy atom. The zero-order valence-electron chi connectivity index (χ0n) is 17.2. The molecular formula is C23H25N3O4. The molecule has 4 rings (SSSR count). The Labute approximate surface area is 175 Å². The van der Waals surface area contributed by atoms with E-state index in [2.05, 4.69) is 10.1 Å². The van der Waals surface area contributed by atoms with Crippen molar-refractivity contribution >= 4 is 11.6 Å². The van der Waals surface area contributed by atoms with Crippen LogP contribution >= 0.6 is 0 Å². The number of methoxy groups -OCH3 is 1. The molecule has 1 amide bonds. The summed E-state index contributed by atoms with van der Waals surface area (Å²) >= 11 is 0. The van der Waals surface area contributed by atoms with Crippen LogP contribution in [0.25, 0.3) is 11.3 Å². The number of hydrogen-bond donors (Lipinski definition) is 0. The molecule has 30 heavy (non-hydrogen) atoms. The van der Waals surface area contributed by atoms with Crippen LogP contribution < -0.4 is 14.4 Å². The second-order valence-corrected chi connectivity index (χ2v) is 7.01. The highest BCUT2D eigenvalue weighted by Gasteiger charge is 2.25. The molecule has 1 aliphatic heterocycles. The van der Waals surface area contributed by atoms with Gasteiger partial charge in [-0.1, -0.05) is 5.16 Å². The molecule has 0 bridgehead atoms. The van der Waals surface area contributed by atoms with Crippen LogP contribution in [0.3, 0.4) is 0 Å². The SMILES string of the molecule is CCOc1ccc(-c2cc(C(=O)N3CCN(c4ccc(OC)cc4)CC3)no2)cc1. The van der Waals surface area contributed by atoms with Crippen molar-refractivity contribution in [3.63, 3.8) is 0 Å². The van der Waals surface area contributed by atoms with Crippen molar-refractivity contribution in [1.82, 2.24) is 10.1 Å². The van der Waals surface area contributed by atoms with E-state index in [0.29, 0.717) is 31.2 Å². The van der Waals surface area contributed by atoms with Crippen molar-refractivity contribution in [3.8, 4) is 22.8 Å². The number of piperazine rings is 1. The Hall–Kier alpha value is -3.48. The van der Waals surface area contributed by atoms with Gasteiger partial charge in [0.25, 0.3) is 5.91 Å². The number of hydrogen-bond acceptors (Lipinski definition) is 6. The molecule has 1 aliphatic rings. The van der Waals surface area contributed by atoms with Gasteiger partial charge in [0.1, 0.15) is 11.5 Å². The van der Waals surface area contributed by atoms with Gasteiger partial charge in [-0.3, -0.25) is 4.79 Å². The minimum Gasteiger partial charge on any atom is -0.497 e. The quantitative estimate of drug-likeness (QED) is 0.621. The van der Waals surface area contributed by atoms with Crippen LogP contribution in [-0.4, -0.2) is 55.9 Å². The van der Waals surface area contributed by atoms with Gasteiger partial charge in [-0.25, -0.2) is 0 Å². The first-order valence-electron chi connectivity index (χ1n) is 10.1. The van der Waals surface area contributed by atoms with Crippen LogP contribution in [0.5, 0.6) is 11.5 Å². The van der Waals surface area contributed by atoms with Gasteiger partial charge in [0, 0.05) is 43.5 Å². The number of carbonyl (C=O) groups excluding carboxylic acids is 1. The number of anilines is 1. The molecule has 1 fully saturated rings. The van der Waals surface area contributed by atoms with E-state index in [1.54, 1.807) is 13.2 Å². The van der Waals surface area contributed by atoms with Crippen molar-refractivity contribution in [1.29, 1.82) is 0 Å². The summed E-state index contributed by atoms with van der Waals surface area (Å²) in [7, 11) is 1.66. The highest BCUT2D eigenvalue weighted by atomic mass is 16.5. The predicted molar refractivity (Wildman–Crippen MR) is 114 cm³/mol. The molecule has 156 valence electrons. The molecule has 1 aromatic heterocycles. The Balaban J connectivity index is 1.37. The maximum absolute atomic E-state index is 12.9. The minimum atomic E-state index is -0.106. The molecule has 2 heterocycles. The van der Waals surface area contributed by atoms with Crippen LogP contribution in [0.2, 0.25) is 0 Å². The molecule has 7 nitrogen and oxygen atoms in total. The largest absolute Gasteiger partial charge is 0.497 e. The fourth-order valence-corrected chi connectivity index (χ4v) is 3.52. The molecule has 0 radical (unpaired) electrons. The Morgan fingerprint density at radius 3 is 2.30 bits per heavy atom. The molecular weight excluding hydrogens is 382 g/mol. The fraction of sp³-hybridized carbons (Fsp3) is 0.304. The van der Waals surface area contributed by atoms with Gasteiger partial charge in [0.2, 0.25) is 0 Å². The third kappa shape index (κ3) is 4.25. The topological polar surface area (TPSA) is 68.0 Å². The highest BCUT2D eigenvalue weighted by Crippen LogP contribution is 2.25. The van der Waals surface area contributed by atoms with E-state index in [0.717, 1.165) is 35.8 Å². The van der Waals surface area contributed by atoms with E-state index in [1.165, 1.54) is 0 Å². The lowest BCUT2D eigenvalue weighted by Gasteiger charge is -2.35. The summed E-state index contributed by atoms with van der Waals surface area (Å²) in [4.78, 5) is 16.9. The summed E-state index contributed by atoms with van der Waals surface area (Å²) in [6.07, 6.45) is 0. The van der Waals surface area contributed by atoms with Crippen molar-refractivity contribution in [2.75, 3.05) is 44.8 Å². The number of aromatic nitrogens is 1. The lowest BCUT2D eigenvalue weighted by atomic mass is 10.1. The fourth-order valence-electron chi connectivity index (χ4n) is 3.52. The van der Waals surface area contributed by atoms with Gasteiger partial charge in [-0.2, -0.15) is 0 Å². The molecule has 2 aromatic carbocycles. The minimum absolute atomic E-state index is 0.106. The summed E-state index contributed by atoms with van der Waals surface area (Å²) in [6, 6.07) is 17.2. The smallest absolute Gasteiger partial charge is 0.276 e. The maximum atomic E-state index is 12.9. The van der Waals surface area contributed by atoms with Gasteiger partial charge in [-0.05, 0) is 55.5 Å². The number of rotatable bonds is 6. The predicted octanol–water partition coefficient (Wildman–Crippen LogP) is 3.71. The third-order valence-electron chi connectivity index (χ3n) is 5.18. The van der Waals surface area contributed by atoms with E-state index >= 15 is 0 Å². The first-order chi connectivity index (χ1) is 14.7. The van der Waals surface area contributed by atoms with E-state index in [4.69, 9.17) is 14.0 Å². The third-order valence-corrected chi connectivity index (χ3v) is 5.18. The number of amides is 1. The van der Waals surface area contributed by atoms with Crippen molar-refractivity contribution < 1.29 is 18.8 Å². The van der Waals surface area contributed by atoms with Gasteiger partial charge in [0.05, 0.1) is 13.7 Å². The maximum Gasteiger partial charge on any atom is 0.276 e. The molecule has 0 saturated carbocycles. The van der Waals surface area contributed by atoms with Gasteiger partial charge in [-0.15, -0.1) is 0 Å². The van der Waals surface area contributed by atoms with Crippen LogP contribution in [-0.2, 0) is 0 Å². The van der Waals surface area contributed by atoms with Crippen molar-refractivity contribution in [2.45, 2.75) is 6.92 Å². The van der Waals surface area contributed by atoms with Gasteiger partial charge in [0.15, 0.2) is 11.5 Å². The van der Waals surface area contributed by atoms with Crippen LogP contribution in [0.15, 0.2) is 59.1 Å². The summed E-state index contributed by atoms with van der Waals surface area (Å²) < 4.78 is 16.1. The standard InChI is InChI=1S/C23H25N3O4/c1-3-29-20-8-4-17(5-9-20)22-16-21(24-30-22)23(27)26-14-12-25(13-15-26)18-6-10-19(28-2)11-7-18/h4-11,16H,3,12-15H2,1-2H3. The highest BCUT2D eigenvalue weighted by molar-refractivity contribution is 5.93. The molecule has 0 aliphatic carbocycles. The summed E-state index contributed by atoms with van der Waals surface area (Å²) in [5, 5.41) is 4.00. The van der Waals surface area contributed by atoms with Crippen molar-refractivity contribution in [2.24, 2.45) is 0 Å². The van der Waals surface area contributed by atoms with Crippen LogP contribution in [0.1, 0.15) is 17.4 Å². The number of benzene rings is 2. The molecule has 0 spiro atoms. The van der Waals surface area contributed by atoms with Gasteiger partial charge < -0.3 is 23.8 Å². The van der Waals surface area contributed by atoms with E-state index < -0.39 is 0 Å². The Bertz CT molecular complexity index is 974. The van der Waals surface area contributed by atoms with Crippen LogP contribution in [0.4, 0.5) is 5.69 Å². The second kappa shape index (κ2) is 8.90. The lowest BCUT2D eigenvalue weighted by Crippen LogP contribution is -2.48. The molecule has 0 N–H and O–H groups in total. The lowest BCUT2D eigenvalue weighted by molar-refractivity contribution is 0.0736. The zero-order valence-corrected chi connectivity index (χ0v) is 17.2. The van der Waals surface area contributed by atoms with Crippen molar-refractivity contribution in [3.05, 3.63) is 60.3 Å². The molecule has 0 unspecified atom stereocenters. The Kier molecular flexibility index (Phi) is 5.88. The normalized spacial score (nSPS) is 13.9. The average Bonchev–Trinajstić information content (AvgIpc) is 3.30. The molecule has 7 heteroatoms. The molecule has 0 atom stereocenters. The zero-order chi connectivity index (χ0) is 20.9. The summed E-state index contributed by atoms with van der Waals surface area (Å²) in [5.74, 6) is 2.09. The monoisotopic (exact) mass is 407 g/mol. The second-order valence-electron chi connectivity index (χ2n) is 7.01. The summed E-state index contributed by atoms with van der Waals surface area (Å²) in [5.41, 5.74) is 2.31. The number of carbonyl (C=O) groups is 1. The first-order valence-corrected chi connectivity index (χ1v) is 10.1. The number of ether oxygens (including phenoxy) is 2. The molecule has 1 saturated heterocycles.